The Morgan fingerprint density at radius 3 is 2.64 bits per heavy atom. The van der Waals surface area contributed by atoms with E-state index in [1.165, 1.54) is 9.25 Å². The molecule has 2 heterocycles. The van der Waals surface area contributed by atoms with Gasteiger partial charge in [0.2, 0.25) is 0 Å². The van der Waals surface area contributed by atoms with E-state index in [0.29, 0.717) is 23.6 Å². The van der Waals surface area contributed by atoms with Crippen molar-refractivity contribution in [3.63, 3.8) is 0 Å². The molecule has 2 aromatic heterocycles. The summed E-state index contributed by atoms with van der Waals surface area (Å²) in [4.78, 5) is 28.7. The summed E-state index contributed by atoms with van der Waals surface area (Å²) in [6.07, 6.45) is 1.65. The van der Waals surface area contributed by atoms with Crippen molar-refractivity contribution in [1.29, 1.82) is 0 Å². The first kappa shape index (κ1) is 16.6. The van der Waals surface area contributed by atoms with E-state index in [2.05, 4.69) is 15.4 Å². The minimum absolute atomic E-state index is 0.160. The van der Waals surface area contributed by atoms with E-state index in [1.54, 1.807) is 31.4 Å². The molecule has 7 nitrogen and oxygen atoms in total. The van der Waals surface area contributed by atoms with Crippen LogP contribution in [0.5, 0.6) is 0 Å². The zero-order valence-corrected chi connectivity index (χ0v) is 14.1. The molecular weight excluding hydrogens is 318 g/mol. The first-order chi connectivity index (χ1) is 12.1. The van der Waals surface area contributed by atoms with Crippen molar-refractivity contribution in [2.45, 2.75) is 13.5 Å². The molecular formula is C18H19N5O2. The van der Waals surface area contributed by atoms with Crippen molar-refractivity contribution in [1.82, 2.24) is 24.6 Å². The highest BCUT2D eigenvalue weighted by atomic mass is 16.2. The lowest BCUT2D eigenvalue weighted by Gasteiger charge is -2.07. The molecule has 0 aliphatic heterocycles. The Labute approximate surface area is 144 Å². The molecule has 0 atom stereocenters. The van der Waals surface area contributed by atoms with Gasteiger partial charge in [0.1, 0.15) is 5.69 Å². The van der Waals surface area contributed by atoms with Crippen LogP contribution in [0.1, 0.15) is 15.9 Å². The molecule has 7 heteroatoms. The van der Waals surface area contributed by atoms with Crippen LogP contribution in [-0.2, 0) is 13.6 Å². The van der Waals surface area contributed by atoms with Crippen LogP contribution in [0.25, 0.3) is 11.5 Å². The Hall–Kier alpha value is -3.22. The van der Waals surface area contributed by atoms with E-state index in [-0.39, 0.29) is 18.1 Å². The predicted molar refractivity (Wildman–Crippen MR) is 94.2 cm³/mol. The van der Waals surface area contributed by atoms with Crippen molar-refractivity contribution in [2.75, 3.05) is 6.54 Å². The van der Waals surface area contributed by atoms with Crippen LogP contribution < -0.4 is 11.0 Å². The summed E-state index contributed by atoms with van der Waals surface area (Å²) < 4.78 is 2.79. The van der Waals surface area contributed by atoms with E-state index < -0.39 is 0 Å². The number of nitrogens with zero attached hydrogens (tertiary/aromatic N) is 4. The maximum Gasteiger partial charge on any atom is 0.346 e. The number of pyridine rings is 1. The Morgan fingerprint density at radius 2 is 1.92 bits per heavy atom. The molecule has 1 aromatic carbocycles. The molecule has 0 radical (unpaired) electrons. The number of rotatable bonds is 5. The summed E-state index contributed by atoms with van der Waals surface area (Å²) in [6, 6.07) is 12.8. The van der Waals surface area contributed by atoms with Gasteiger partial charge in [0.25, 0.3) is 5.91 Å². The highest BCUT2D eigenvalue weighted by molar-refractivity contribution is 5.95. The maximum atomic E-state index is 12.3. The molecule has 25 heavy (non-hydrogen) atoms. The van der Waals surface area contributed by atoms with E-state index in [9.17, 15) is 9.59 Å². The average Bonchev–Trinajstić information content (AvgIpc) is 2.91. The minimum atomic E-state index is -0.245. The molecule has 0 unspecified atom stereocenters. The number of hydrogen-bond acceptors (Lipinski definition) is 4. The zero-order valence-electron chi connectivity index (χ0n) is 14.1. The molecule has 0 bridgehead atoms. The first-order valence-corrected chi connectivity index (χ1v) is 7.97. The second-order valence-corrected chi connectivity index (χ2v) is 5.67. The second kappa shape index (κ2) is 7.12. The van der Waals surface area contributed by atoms with Gasteiger partial charge in [-0.25, -0.2) is 9.48 Å². The normalized spacial score (nSPS) is 10.6. The Balaban J connectivity index is 1.69. The number of carbonyl (C=O) groups is 1. The number of amides is 1. The first-order valence-electron chi connectivity index (χ1n) is 7.97. The van der Waals surface area contributed by atoms with Crippen LogP contribution >= 0.6 is 0 Å². The van der Waals surface area contributed by atoms with Gasteiger partial charge in [0.15, 0.2) is 5.82 Å². The summed E-state index contributed by atoms with van der Waals surface area (Å²) in [7, 11) is 1.65. The van der Waals surface area contributed by atoms with Gasteiger partial charge in [0.05, 0.1) is 6.54 Å². The Morgan fingerprint density at radius 1 is 1.16 bits per heavy atom. The Kier molecular flexibility index (Phi) is 4.74. The lowest BCUT2D eigenvalue weighted by Crippen LogP contribution is -2.32. The quantitative estimate of drug-likeness (QED) is 0.763. The molecule has 3 aromatic rings. The van der Waals surface area contributed by atoms with Gasteiger partial charge in [-0.05, 0) is 30.7 Å². The smallest absolute Gasteiger partial charge is 0.346 e. The van der Waals surface area contributed by atoms with Crippen LogP contribution in [0.2, 0.25) is 0 Å². The predicted octanol–water partition coefficient (Wildman–Crippen LogP) is 1.38. The van der Waals surface area contributed by atoms with Gasteiger partial charge in [-0.15, -0.1) is 5.10 Å². The fraction of sp³-hybridized carbons (Fsp3) is 0.222. The molecule has 3 rings (SSSR count). The average molecular weight is 337 g/mol. The molecule has 0 aliphatic rings. The lowest BCUT2D eigenvalue weighted by molar-refractivity contribution is 0.0951. The van der Waals surface area contributed by atoms with Crippen molar-refractivity contribution in [3.05, 3.63) is 70.3 Å². The van der Waals surface area contributed by atoms with Crippen LogP contribution in [0.3, 0.4) is 0 Å². The molecule has 0 aliphatic carbocycles. The highest BCUT2D eigenvalue weighted by Crippen LogP contribution is 2.10. The van der Waals surface area contributed by atoms with Gasteiger partial charge in [-0.3, -0.25) is 14.3 Å². The van der Waals surface area contributed by atoms with Crippen molar-refractivity contribution < 1.29 is 4.79 Å². The van der Waals surface area contributed by atoms with Crippen molar-refractivity contribution in [3.8, 4) is 11.5 Å². The summed E-state index contributed by atoms with van der Waals surface area (Å²) in [6.45, 7) is 2.49. The number of benzene rings is 1. The van der Waals surface area contributed by atoms with E-state index >= 15 is 0 Å². The topological polar surface area (TPSA) is 81.8 Å². The largest absolute Gasteiger partial charge is 0.350 e. The molecule has 0 fully saturated rings. The standard InChI is InChI=1S/C18H19N5O2/c1-13-7-3-4-8-14(13)17(24)20-11-12-23-18(25)22(2)16(21-23)15-9-5-6-10-19-15/h3-10H,11-12H2,1-2H3,(H,20,24). The van der Waals surface area contributed by atoms with Crippen LogP contribution in [0, 0.1) is 6.92 Å². The molecule has 0 spiro atoms. The van der Waals surface area contributed by atoms with Crippen LogP contribution in [0.4, 0.5) is 0 Å². The van der Waals surface area contributed by atoms with Gasteiger partial charge < -0.3 is 5.32 Å². The van der Waals surface area contributed by atoms with E-state index in [0.717, 1.165) is 5.56 Å². The highest BCUT2D eigenvalue weighted by Gasteiger charge is 2.13. The van der Waals surface area contributed by atoms with Crippen LogP contribution in [-0.4, -0.2) is 31.8 Å². The molecule has 0 saturated carbocycles. The summed E-state index contributed by atoms with van der Waals surface area (Å²) in [5.41, 5.74) is 1.92. The second-order valence-electron chi connectivity index (χ2n) is 5.67. The number of aryl methyl sites for hydroxylation is 1. The van der Waals surface area contributed by atoms with Crippen molar-refractivity contribution in [2.24, 2.45) is 7.05 Å². The number of nitrogens with one attached hydrogen (secondary N) is 1. The van der Waals surface area contributed by atoms with E-state index in [1.807, 2.05) is 31.2 Å². The Bertz CT molecular complexity index is 944. The molecule has 128 valence electrons. The van der Waals surface area contributed by atoms with Gasteiger partial charge in [-0.2, -0.15) is 0 Å². The zero-order chi connectivity index (χ0) is 17.8. The monoisotopic (exact) mass is 337 g/mol. The third kappa shape index (κ3) is 3.50. The summed E-state index contributed by atoms with van der Waals surface area (Å²) in [5.74, 6) is 0.336. The molecule has 1 N–H and O–H groups in total. The molecule has 1 amide bonds. The van der Waals surface area contributed by atoms with Crippen LogP contribution in [0.15, 0.2) is 53.5 Å². The van der Waals surface area contributed by atoms with Gasteiger partial charge in [-0.1, -0.05) is 24.3 Å². The third-order valence-electron chi connectivity index (χ3n) is 3.93. The third-order valence-corrected chi connectivity index (χ3v) is 3.93. The maximum absolute atomic E-state index is 12.3. The SMILES string of the molecule is Cc1ccccc1C(=O)NCCn1nc(-c2ccccn2)n(C)c1=O. The van der Waals surface area contributed by atoms with Gasteiger partial charge >= 0.3 is 5.69 Å². The lowest BCUT2D eigenvalue weighted by atomic mass is 10.1. The van der Waals surface area contributed by atoms with Gasteiger partial charge in [0, 0.05) is 25.4 Å². The number of aromatic nitrogens is 4. The molecule has 0 saturated heterocycles. The summed E-state index contributed by atoms with van der Waals surface area (Å²) >= 11 is 0. The fourth-order valence-electron chi connectivity index (χ4n) is 2.55. The van der Waals surface area contributed by atoms with E-state index in [4.69, 9.17) is 0 Å². The minimum Gasteiger partial charge on any atom is -0.350 e. The summed E-state index contributed by atoms with van der Waals surface area (Å²) in [5, 5.41) is 7.14. The van der Waals surface area contributed by atoms with Crippen molar-refractivity contribution >= 4 is 5.91 Å². The number of carbonyl (C=O) groups excluding carboxylic acids is 1. The fourth-order valence-corrected chi connectivity index (χ4v) is 2.55. The number of hydrogen-bond donors (Lipinski definition) is 1.